The van der Waals surface area contributed by atoms with E-state index in [9.17, 15) is 0 Å². The Hall–Kier alpha value is 0.140. The minimum Gasteiger partial charge on any atom is -0.327 e. The van der Waals surface area contributed by atoms with E-state index in [0.717, 1.165) is 36.0 Å². The monoisotopic (exact) mass is 339 g/mol. The Morgan fingerprint density at radius 2 is 1.74 bits per heavy atom. The standard InChI is InChI=1S/C16H22BrNS/c17-15-2-1-13(19-15)8-14(18)16-11-4-9-3-10(6-11)7-12(16)5-9/h1-2,9-12,14,16H,3-8,18H2. The number of nitrogens with two attached hydrogens (primary N) is 1. The summed E-state index contributed by atoms with van der Waals surface area (Å²) in [6, 6.07) is 4.79. The molecular formula is C16H22BrNS. The molecule has 1 heterocycles. The van der Waals surface area contributed by atoms with Gasteiger partial charge in [-0.25, -0.2) is 0 Å². The van der Waals surface area contributed by atoms with Gasteiger partial charge in [0.05, 0.1) is 3.79 Å². The Kier molecular flexibility index (Phi) is 3.28. The maximum absolute atomic E-state index is 6.63. The minimum atomic E-state index is 0.389. The van der Waals surface area contributed by atoms with Gasteiger partial charge in [0.2, 0.25) is 0 Å². The molecule has 0 saturated heterocycles. The largest absolute Gasteiger partial charge is 0.327 e. The number of halogens is 1. The van der Waals surface area contributed by atoms with Crippen molar-refractivity contribution in [3.63, 3.8) is 0 Å². The highest BCUT2D eigenvalue weighted by Gasteiger charge is 2.49. The zero-order valence-electron chi connectivity index (χ0n) is 11.2. The predicted octanol–water partition coefficient (Wildman–Crippen LogP) is 4.45. The van der Waals surface area contributed by atoms with E-state index in [-0.39, 0.29) is 0 Å². The summed E-state index contributed by atoms with van der Waals surface area (Å²) < 4.78 is 1.24. The summed E-state index contributed by atoms with van der Waals surface area (Å²) in [5, 5.41) is 0. The lowest BCUT2D eigenvalue weighted by Crippen LogP contribution is -2.52. The summed E-state index contributed by atoms with van der Waals surface area (Å²) in [4.78, 5) is 1.45. The first-order valence-electron chi connectivity index (χ1n) is 7.69. The normalized spacial score (nSPS) is 41.7. The zero-order valence-corrected chi connectivity index (χ0v) is 13.6. The van der Waals surface area contributed by atoms with Crippen molar-refractivity contribution in [2.24, 2.45) is 35.3 Å². The van der Waals surface area contributed by atoms with Crippen LogP contribution in [-0.2, 0) is 6.42 Å². The third-order valence-electron chi connectivity index (χ3n) is 5.86. The van der Waals surface area contributed by atoms with Crippen molar-refractivity contribution in [1.29, 1.82) is 0 Å². The summed E-state index contributed by atoms with van der Waals surface area (Å²) in [7, 11) is 0. The second-order valence-corrected chi connectivity index (χ2v) is 9.63. The van der Waals surface area contributed by atoms with E-state index < -0.39 is 0 Å². The van der Waals surface area contributed by atoms with Crippen molar-refractivity contribution in [2.75, 3.05) is 0 Å². The highest BCUT2D eigenvalue weighted by Crippen LogP contribution is 2.57. The molecule has 0 aromatic carbocycles. The van der Waals surface area contributed by atoms with E-state index in [0.29, 0.717) is 6.04 Å². The molecule has 19 heavy (non-hydrogen) atoms. The van der Waals surface area contributed by atoms with Crippen LogP contribution in [0.2, 0.25) is 0 Å². The fraction of sp³-hybridized carbons (Fsp3) is 0.750. The maximum atomic E-state index is 6.63. The molecule has 1 aromatic rings. The van der Waals surface area contributed by atoms with E-state index in [1.54, 1.807) is 0 Å². The number of rotatable bonds is 3. The van der Waals surface area contributed by atoms with Crippen LogP contribution in [0.1, 0.15) is 37.0 Å². The van der Waals surface area contributed by atoms with E-state index >= 15 is 0 Å². The number of hydrogen-bond acceptors (Lipinski definition) is 2. The summed E-state index contributed by atoms with van der Waals surface area (Å²) >= 11 is 5.41. The fourth-order valence-electron chi connectivity index (χ4n) is 5.50. The minimum absolute atomic E-state index is 0.389. The quantitative estimate of drug-likeness (QED) is 0.864. The van der Waals surface area contributed by atoms with E-state index in [4.69, 9.17) is 5.73 Å². The van der Waals surface area contributed by atoms with Gasteiger partial charge in [0, 0.05) is 10.9 Å². The molecule has 4 bridgehead atoms. The molecule has 2 N–H and O–H groups in total. The van der Waals surface area contributed by atoms with Crippen LogP contribution in [-0.4, -0.2) is 6.04 Å². The summed E-state index contributed by atoms with van der Waals surface area (Å²) in [5.41, 5.74) is 6.63. The van der Waals surface area contributed by atoms with Gasteiger partial charge < -0.3 is 5.73 Å². The van der Waals surface area contributed by atoms with Crippen molar-refractivity contribution in [2.45, 2.75) is 44.6 Å². The van der Waals surface area contributed by atoms with E-state index in [1.807, 2.05) is 11.3 Å². The van der Waals surface area contributed by atoms with Crippen molar-refractivity contribution in [3.8, 4) is 0 Å². The average Bonchev–Trinajstić information content (AvgIpc) is 2.73. The van der Waals surface area contributed by atoms with Gasteiger partial charge in [0.15, 0.2) is 0 Å². The topological polar surface area (TPSA) is 26.0 Å². The molecule has 4 aliphatic rings. The Labute approximate surface area is 128 Å². The molecule has 0 amide bonds. The summed E-state index contributed by atoms with van der Waals surface area (Å²) in [6.45, 7) is 0. The molecule has 3 heteroatoms. The van der Waals surface area contributed by atoms with Crippen molar-refractivity contribution < 1.29 is 0 Å². The van der Waals surface area contributed by atoms with Gasteiger partial charge in [-0.1, -0.05) is 0 Å². The molecule has 1 atom stereocenters. The van der Waals surface area contributed by atoms with Gasteiger partial charge in [0.1, 0.15) is 0 Å². The van der Waals surface area contributed by atoms with Crippen LogP contribution < -0.4 is 5.73 Å². The molecule has 1 unspecified atom stereocenters. The third kappa shape index (κ3) is 2.32. The highest BCUT2D eigenvalue weighted by molar-refractivity contribution is 9.11. The molecule has 1 aromatic heterocycles. The molecule has 1 nitrogen and oxygen atoms in total. The molecule has 104 valence electrons. The lowest BCUT2D eigenvalue weighted by molar-refractivity contribution is -0.0464. The third-order valence-corrected chi connectivity index (χ3v) is 7.51. The van der Waals surface area contributed by atoms with Crippen LogP contribution in [0.5, 0.6) is 0 Å². The Morgan fingerprint density at radius 1 is 1.11 bits per heavy atom. The van der Waals surface area contributed by atoms with E-state index in [1.165, 1.54) is 40.8 Å². The average molecular weight is 340 g/mol. The van der Waals surface area contributed by atoms with Gasteiger partial charge >= 0.3 is 0 Å². The van der Waals surface area contributed by atoms with Crippen LogP contribution in [0, 0.1) is 29.6 Å². The van der Waals surface area contributed by atoms with Crippen molar-refractivity contribution in [1.82, 2.24) is 0 Å². The highest BCUT2D eigenvalue weighted by atomic mass is 79.9. The molecule has 0 aliphatic heterocycles. The lowest BCUT2D eigenvalue weighted by atomic mass is 9.50. The molecular weight excluding hydrogens is 318 g/mol. The molecule has 5 rings (SSSR count). The van der Waals surface area contributed by atoms with Gasteiger partial charge in [-0.05, 0) is 96.2 Å². The second-order valence-electron chi connectivity index (χ2n) is 7.08. The van der Waals surface area contributed by atoms with Gasteiger partial charge in [-0.3, -0.25) is 0 Å². The van der Waals surface area contributed by atoms with Crippen LogP contribution in [0.4, 0.5) is 0 Å². The summed E-state index contributed by atoms with van der Waals surface area (Å²) in [5.74, 6) is 4.83. The lowest BCUT2D eigenvalue weighted by Gasteiger charge is -2.56. The van der Waals surface area contributed by atoms with E-state index in [2.05, 4.69) is 28.1 Å². The number of hydrogen-bond donors (Lipinski definition) is 1. The fourth-order valence-corrected chi connectivity index (χ4v) is 7.05. The van der Waals surface area contributed by atoms with Crippen molar-refractivity contribution in [3.05, 3.63) is 20.8 Å². The summed E-state index contributed by atoms with van der Waals surface area (Å²) in [6.07, 6.45) is 8.56. The first kappa shape index (κ1) is 12.8. The Morgan fingerprint density at radius 3 is 2.26 bits per heavy atom. The Bertz CT molecular complexity index is 441. The first-order chi connectivity index (χ1) is 9.19. The zero-order chi connectivity index (χ0) is 13.0. The Balaban J connectivity index is 1.49. The second kappa shape index (κ2) is 4.85. The van der Waals surface area contributed by atoms with Crippen LogP contribution in [0.25, 0.3) is 0 Å². The molecule has 4 fully saturated rings. The molecule has 0 spiro atoms. The van der Waals surface area contributed by atoms with Crippen LogP contribution >= 0.6 is 27.3 Å². The van der Waals surface area contributed by atoms with Gasteiger partial charge in [-0.15, -0.1) is 11.3 Å². The predicted molar refractivity (Wildman–Crippen MR) is 84.2 cm³/mol. The molecule has 4 saturated carbocycles. The smallest absolute Gasteiger partial charge is 0.0701 e. The molecule has 4 aliphatic carbocycles. The molecule has 0 radical (unpaired) electrons. The maximum Gasteiger partial charge on any atom is 0.0701 e. The van der Waals surface area contributed by atoms with Crippen LogP contribution in [0.15, 0.2) is 15.9 Å². The van der Waals surface area contributed by atoms with Gasteiger partial charge in [-0.2, -0.15) is 0 Å². The first-order valence-corrected chi connectivity index (χ1v) is 9.30. The number of thiophene rings is 1. The van der Waals surface area contributed by atoms with Crippen LogP contribution in [0.3, 0.4) is 0 Å². The SMILES string of the molecule is NC(Cc1ccc(Br)s1)C1C2CC3CC(C2)CC1C3. The van der Waals surface area contributed by atoms with Crippen molar-refractivity contribution >= 4 is 27.3 Å². The van der Waals surface area contributed by atoms with Gasteiger partial charge in [0.25, 0.3) is 0 Å².